The second-order valence-corrected chi connectivity index (χ2v) is 9.82. The fourth-order valence-electron chi connectivity index (χ4n) is 4.95. The molecule has 13 N–H and O–H groups in total. The van der Waals surface area contributed by atoms with Crippen molar-refractivity contribution in [3.8, 4) is 0 Å². The fourth-order valence-corrected chi connectivity index (χ4v) is 4.95. The Balaban J connectivity index is 1.73. The Morgan fingerprint density at radius 1 is 0.941 bits per heavy atom. The Labute approximate surface area is 197 Å². The van der Waals surface area contributed by atoms with Crippen molar-refractivity contribution in [3.05, 3.63) is 0 Å². The van der Waals surface area contributed by atoms with Gasteiger partial charge < -0.3 is 72.1 Å². The van der Waals surface area contributed by atoms with E-state index in [0.29, 0.717) is 0 Å². The number of hydrogen-bond donors (Lipinski definition) is 10. The zero-order valence-corrected chi connectivity index (χ0v) is 19.5. The lowest BCUT2D eigenvalue weighted by Gasteiger charge is -2.49. The molecule has 1 aliphatic carbocycles. The quantitative estimate of drug-likeness (QED) is 0.165. The van der Waals surface area contributed by atoms with Crippen LogP contribution in [0.5, 0.6) is 0 Å². The van der Waals surface area contributed by atoms with Gasteiger partial charge in [-0.2, -0.15) is 0 Å². The maximum absolute atomic E-state index is 11.1. The summed E-state index contributed by atoms with van der Waals surface area (Å²) < 4.78 is 22.8. The van der Waals surface area contributed by atoms with Crippen molar-refractivity contribution >= 4 is 0 Å². The lowest BCUT2D eigenvalue weighted by Crippen LogP contribution is -2.69. The number of aliphatic hydroxyl groups is 6. The predicted octanol–water partition coefficient (Wildman–Crippen LogP) is -5.61. The lowest BCUT2D eigenvalue weighted by molar-refractivity contribution is -0.319. The standard InChI is InChI=1S/C20H40N4O10/c1-6(25)14-11(27)10(26)9(23)18(32-14)33-15-7(21)4-8(22)16(12(15)28)34-19-13(29)17(24-3)20(2,30)5-31-19/h6-19,24-30H,4-5,21-23H2,1-3H3/t6-,7+,8-,9-,10-,11+,12+,13+,14-,15-,16+,17+,18-,19-,20-/m1/s1. The summed E-state index contributed by atoms with van der Waals surface area (Å²) in [7, 11) is 1.58. The van der Waals surface area contributed by atoms with E-state index >= 15 is 0 Å². The van der Waals surface area contributed by atoms with Gasteiger partial charge in [0.05, 0.1) is 24.8 Å². The van der Waals surface area contributed by atoms with Crippen LogP contribution in [0.25, 0.3) is 0 Å². The molecule has 0 aromatic heterocycles. The predicted molar refractivity (Wildman–Crippen MR) is 116 cm³/mol. The van der Waals surface area contributed by atoms with Gasteiger partial charge in [-0.1, -0.05) is 0 Å². The molecule has 2 heterocycles. The maximum atomic E-state index is 11.1. The van der Waals surface area contributed by atoms with Crippen molar-refractivity contribution in [2.75, 3.05) is 13.7 Å². The van der Waals surface area contributed by atoms with Crippen LogP contribution in [0.4, 0.5) is 0 Å². The van der Waals surface area contributed by atoms with E-state index in [2.05, 4.69) is 5.32 Å². The molecule has 0 radical (unpaired) electrons. The Kier molecular flexibility index (Phi) is 8.92. The molecule has 200 valence electrons. The third kappa shape index (κ3) is 5.40. The monoisotopic (exact) mass is 496 g/mol. The van der Waals surface area contributed by atoms with Crippen LogP contribution in [0, 0.1) is 0 Å². The molecule has 0 bridgehead atoms. The van der Waals surface area contributed by atoms with E-state index in [0.717, 1.165) is 0 Å². The SMILES string of the molecule is CN[C@H]1[C@H](O)[C@@H](O[C@@H]2[C@@H](O)[C@H](O[C@H]3O[C@H]([C@@H](C)O)[C@@H](O)[C@H](O)[C@H]3N)[C@@H](N)C[C@H]2N)OC[C@@]1(C)O. The van der Waals surface area contributed by atoms with Crippen LogP contribution in [-0.2, 0) is 18.9 Å². The summed E-state index contributed by atoms with van der Waals surface area (Å²) >= 11 is 0. The van der Waals surface area contributed by atoms with Crippen LogP contribution in [0.3, 0.4) is 0 Å². The number of nitrogens with one attached hydrogen (secondary N) is 1. The van der Waals surface area contributed by atoms with Crippen molar-refractivity contribution in [2.24, 2.45) is 17.2 Å². The second kappa shape index (κ2) is 10.8. The minimum Gasteiger partial charge on any atom is -0.391 e. The average Bonchev–Trinajstić information content (AvgIpc) is 2.75. The number of aliphatic hydroxyl groups excluding tert-OH is 5. The summed E-state index contributed by atoms with van der Waals surface area (Å²) in [5.41, 5.74) is 17.0. The largest absolute Gasteiger partial charge is 0.391 e. The van der Waals surface area contributed by atoms with Gasteiger partial charge in [-0.15, -0.1) is 0 Å². The van der Waals surface area contributed by atoms with Crippen LogP contribution in [-0.4, -0.2) is 135 Å². The molecule has 0 amide bonds. The van der Waals surface area contributed by atoms with Crippen LogP contribution in [0.15, 0.2) is 0 Å². The first kappa shape index (κ1) is 28.0. The molecular formula is C20H40N4O10. The number of likely N-dealkylation sites (N-methyl/N-ethyl adjacent to an activating group) is 1. The highest BCUT2D eigenvalue weighted by Gasteiger charge is 2.52. The minimum absolute atomic E-state index is 0.135. The van der Waals surface area contributed by atoms with Gasteiger partial charge in [0.15, 0.2) is 12.6 Å². The van der Waals surface area contributed by atoms with E-state index in [1.54, 1.807) is 7.05 Å². The van der Waals surface area contributed by atoms with E-state index in [1.165, 1.54) is 13.8 Å². The highest BCUT2D eigenvalue weighted by Crippen LogP contribution is 2.32. The van der Waals surface area contributed by atoms with E-state index in [-0.39, 0.29) is 13.0 Å². The fraction of sp³-hybridized carbons (Fsp3) is 1.00. The number of hydrogen-bond acceptors (Lipinski definition) is 14. The number of rotatable bonds is 6. The molecule has 3 rings (SSSR count). The molecule has 3 aliphatic rings. The Morgan fingerprint density at radius 2 is 1.50 bits per heavy atom. The molecule has 2 saturated heterocycles. The molecule has 0 aromatic rings. The van der Waals surface area contributed by atoms with Crippen LogP contribution in [0.1, 0.15) is 20.3 Å². The van der Waals surface area contributed by atoms with Gasteiger partial charge >= 0.3 is 0 Å². The summed E-state index contributed by atoms with van der Waals surface area (Å²) in [6.07, 6.45) is -12.4. The van der Waals surface area contributed by atoms with Crippen LogP contribution in [0.2, 0.25) is 0 Å². The topological polar surface area (TPSA) is 248 Å². The van der Waals surface area contributed by atoms with Gasteiger partial charge in [0.2, 0.25) is 0 Å². The maximum Gasteiger partial charge on any atom is 0.185 e. The molecular weight excluding hydrogens is 456 g/mol. The number of nitrogens with two attached hydrogens (primary N) is 3. The van der Waals surface area contributed by atoms with Gasteiger partial charge in [0.25, 0.3) is 0 Å². The first-order chi connectivity index (χ1) is 15.8. The molecule has 14 nitrogen and oxygen atoms in total. The smallest absolute Gasteiger partial charge is 0.185 e. The highest BCUT2D eigenvalue weighted by molar-refractivity contribution is 5.02. The van der Waals surface area contributed by atoms with E-state index < -0.39 is 91.2 Å². The molecule has 0 spiro atoms. The van der Waals surface area contributed by atoms with Gasteiger partial charge in [-0.3, -0.25) is 0 Å². The van der Waals surface area contributed by atoms with Gasteiger partial charge in [-0.05, 0) is 27.3 Å². The van der Waals surface area contributed by atoms with Gasteiger partial charge in [0, 0.05) is 12.1 Å². The highest BCUT2D eigenvalue weighted by atomic mass is 16.7. The van der Waals surface area contributed by atoms with E-state index in [4.69, 9.17) is 36.1 Å². The zero-order valence-electron chi connectivity index (χ0n) is 19.5. The minimum atomic E-state index is -1.46. The summed E-state index contributed by atoms with van der Waals surface area (Å²) in [6, 6.07) is -3.47. The zero-order chi connectivity index (χ0) is 25.5. The van der Waals surface area contributed by atoms with E-state index in [1.807, 2.05) is 0 Å². The van der Waals surface area contributed by atoms with Gasteiger partial charge in [0.1, 0.15) is 48.3 Å². The molecule has 0 aromatic carbocycles. The molecule has 3 fully saturated rings. The van der Waals surface area contributed by atoms with E-state index in [9.17, 15) is 30.6 Å². The summed E-state index contributed by atoms with van der Waals surface area (Å²) in [5.74, 6) is 0. The molecule has 15 atom stereocenters. The molecule has 1 saturated carbocycles. The first-order valence-corrected chi connectivity index (χ1v) is 11.4. The van der Waals surface area contributed by atoms with Crippen molar-refractivity contribution in [1.29, 1.82) is 0 Å². The normalized spacial score (nSPS) is 53.5. The number of ether oxygens (including phenoxy) is 4. The Bertz CT molecular complexity index is 675. The van der Waals surface area contributed by atoms with Gasteiger partial charge in [-0.25, -0.2) is 0 Å². The van der Waals surface area contributed by atoms with Crippen LogP contribution < -0.4 is 22.5 Å². The first-order valence-electron chi connectivity index (χ1n) is 11.4. The lowest BCUT2D eigenvalue weighted by atomic mass is 9.84. The Hall–Kier alpha value is -0.560. The third-order valence-corrected chi connectivity index (χ3v) is 6.95. The van der Waals surface area contributed by atoms with Crippen molar-refractivity contribution in [2.45, 2.75) is 111 Å². The molecule has 0 unspecified atom stereocenters. The molecule has 2 aliphatic heterocycles. The second-order valence-electron chi connectivity index (χ2n) is 9.82. The summed E-state index contributed by atoms with van der Waals surface area (Å²) in [6.45, 7) is 2.75. The molecule has 34 heavy (non-hydrogen) atoms. The molecule has 14 heteroatoms. The average molecular weight is 497 g/mol. The van der Waals surface area contributed by atoms with Crippen molar-refractivity contribution in [3.63, 3.8) is 0 Å². The Morgan fingerprint density at radius 3 is 2.03 bits per heavy atom. The van der Waals surface area contributed by atoms with Crippen molar-refractivity contribution in [1.82, 2.24) is 5.32 Å². The summed E-state index contributed by atoms with van der Waals surface area (Å²) in [5, 5.41) is 65.2. The van der Waals surface area contributed by atoms with Crippen LogP contribution >= 0.6 is 0 Å². The summed E-state index contributed by atoms with van der Waals surface area (Å²) in [4.78, 5) is 0. The third-order valence-electron chi connectivity index (χ3n) is 6.95. The van der Waals surface area contributed by atoms with Crippen molar-refractivity contribution < 1.29 is 49.6 Å².